The summed E-state index contributed by atoms with van der Waals surface area (Å²) in [6, 6.07) is 16.5. The Labute approximate surface area is 230 Å². The number of aromatic nitrogens is 1. The molecule has 0 radical (unpaired) electrons. The molecule has 8 heteroatoms. The number of halogens is 1. The van der Waals surface area contributed by atoms with Gasteiger partial charge in [0.25, 0.3) is 10.1 Å². The number of benzene rings is 2. The van der Waals surface area contributed by atoms with Crippen molar-refractivity contribution in [3.8, 4) is 16.9 Å². The van der Waals surface area contributed by atoms with Gasteiger partial charge in [0.15, 0.2) is 0 Å². The average Bonchev–Trinajstić information content (AvgIpc) is 3.83. The summed E-state index contributed by atoms with van der Waals surface area (Å²) in [6.07, 6.45) is 11.0. The lowest BCUT2D eigenvalue weighted by Crippen LogP contribution is -2.29. The van der Waals surface area contributed by atoms with Gasteiger partial charge in [-0.2, -0.15) is 8.42 Å². The molecule has 1 N–H and O–H groups in total. The van der Waals surface area contributed by atoms with E-state index in [1.807, 2.05) is 30.6 Å². The molecule has 0 bridgehead atoms. The van der Waals surface area contributed by atoms with E-state index in [1.54, 1.807) is 0 Å². The van der Waals surface area contributed by atoms with E-state index in [0.29, 0.717) is 24.1 Å². The van der Waals surface area contributed by atoms with Gasteiger partial charge in [-0.1, -0.05) is 48.9 Å². The maximum Gasteiger partial charge on any atom is 0.264 e. The Morgan fingerprint density at radius 1 is 1.13 bits per heavy atom. The van der Waals surface area contributed by atoms with Crippen LogP contribution in [0.5, 0.6) is 5.75 Å². The predicted molar refractivity (Wildman–Crippen MR) is 151 cm³/mol. The fraction of sp³-hybridized carbons (Fsp3) is 0.433. The molecule has 0 aliphatic heterocycles. The van der Waals surface area contributed by atoms with Crippen molar-refractivity contribution < 1.29 is 17.3 Å². The maximum absolute atomic E-state index is 11.4. The van der Waals surface area contributed by atoms with Crippen molar-refractivity contribution in [3.63, 3.8) is 0 Å². The van der Waals surface area contributed by atoms with Crippen molar-refractivity contribution in [2.45, 2.75) is 69.6 Å². The van der Waals surface area contributed by atoms with Crippen molar-refractivity contribution in [2.24, 2.45) is 0 Å². The van der Waals surface area contributed by atoms with Crippen molar-refractivity contribution in [2.75, 3.05) is 12.9 Å². The molecule has 38 heavy (non-hydrogen) atoms. The van der Waals surface area contributed by atoms with Gasteiger partial charge >= 0.3 is 0 Å². The van der Waals surface area contributed by atoms with Gasteiger partial charge < -0.3 is 10.1 Å². The number of para-hydroxylation sites is 1. The van der Waals surface area contributed by atoms with Crippen LogP contribution >= 0.6 is 11.6 Å². The highest BCUT2D eigenvalue weighted by Crippen LogP contribution is 2.50. The van der Waals surface area contributed by atoms with Crippen LogP contribution in [-0.4, -0.2) is 32.4 Å². The fourth-order valence-electron chi connectivity index (χ4n) is 5.03. The molecule has 3 aromatic rings. The molecular weight excluding hydrogens is 520 g/mol. The Morgan fingerprint density at radius 2 is 1.92 bits per heavy atom. The highest BCUT2D eigenvalue weighted by Gasteiger charge is 2.46. The minimum Gasteiger partial charge on any atom is -0.490 e. The van der Waals surface area contributed by atoms with Gasteiger partial charge in [-0.05, 0) is 84.9 Å². The first kappa shape index (κ1) is 27.1. The number of pyridine rings is 1. The van der Waals surface area contributed by atoms with Gasteiger partial charge in [-0.25, -0.2) is 0 Å². The smallest absolute Gasteiger partial charge is 0.264 e. The van der Waals surface area contributed by atoms with Crippen LogP contribution in [0.1, 0.15) is 68.1 Å². The van der Waals surface area contributed by atoms with Crippen LogP contribution in [0.2, 0.25) is 5.02 Å². The van der Waals surface area contributed by atoms with Crippen molar-refractivity contribution in [1.29, 1.82) is 0 Å². The lowest BCUT2D eigenvalue weighted by molar-refractivity contribution is 0.301. The third-order valence-corrected chi connectivity index (χ3v) is 8.46. The van der Waals surface area contributed by atoms with Crippen LogP contribution in [0.25, 0.3) is 11.1 Å². The van der Waals surface area contributed by atoms with Crippen LogP contribution in [0.3, 0.4) is 0 Å². The number of hydrogen-bond acceptors (Lipinski definition) is 6. The topological polar surface area (TPSA) is 77.5 Å². The lowest BCUT2D eigenvalue weighted by Gasteiger charge is -2.23. The van der Waals surface area contributed by atoms with Gasteiger partial charge in [-0.15, -0.1) is 0 Å². The van der Waals surface area contributed by atoms with E-state index in [9.17, 15) is 8.42 Å². The molecule has 1 heterocycles. The third-order valence-electron chi connectivity index (χ3n) is 7.50. The first-order chi connectivity index (χ1) is 18.3. The molecular formula is C30H35ClN2O4S. The second kappa shape index (κ2) is 11.3. The minimum atomic E-state index is -3.44. The van der Waals surface area contributed by atoms with E-state index in [1.165, 1.54) is 5.56 Å². The van der Waals surface area contributed by atoms with E-state index in [0.717, 1.165) is 66.4 Å². The fourth-order valence-corrected chi connectivity index (χ4v) is 5.61. The number of nitrogens with one attached hydrogen (secondary N) is 1. The number of hydrogen-bond donors (Lipinski definition) is 1. The van der Waals surface area contributed by atoms with Crippen molar-refractivity contribution in [3.05, 3.63) is 82.6 Å². The Morgan fingerprint density at radius 3 is 2.63 bits per heavy atom. The Bertz CT molecular complexity index is 1390. The largest absolute Gasteiger partial charge is 0.490 e. The van der Waals surface area contributed by atoms with E-state index in [-0.39, 0.29) is 18.1 Å². The second-order valence-electron chi connectivity index (χ2n) is 10.4. The molecule has 0 spiro atoms. The summed E-state index contributed by atoms with van der Waals surface area (Å²) in [7, 11) is -3.44. The molecule has 2 fully saturated rings. The standard InChI is InChI=1S/C30H35ClN2O4S/c1-3-21(13-17-36-38(2,34)35)22-8-11-28(31)23(18-22)19-33-30(14-15-30)27-20-32-16-12-25(27)26-6-4-5-7-29(26)37-24-9-10-24/h4-8,11-12,16,18,20-21,24,33H,3,9-10,13-15,17,19H2,1-2H3. The number of nitrogens with zero attached hydrogens (tertiary/aromatic N) is 1. The molecule has 6 nitrogen and oxygen atoms in total. The second-order valence-corrected chi connectivity index (χ2v) is 12.5. The van der Waals surface area contributed by atoms with E-state index >= 15 is 0 Å². The molecule has 202 valence electrons. The normalized spacial score (nSPS) is 17.2. The highest BCUT2D eigenvalue weighted by atomic mass is 35.5. The van der Waals surface area contributed by atoms with E-state index in [4.69, 9.17) is 20.5 Å². The van der Waals surface area contributed by atoms with Gasteiger partial charge in [0.05, 0.1) is 19.0 Å². The minimum absolute atomic E-state index is 0.164. The zero-order valence-electron chi connectivity index (χ0n) is 22.0. The van der Waals surface area contributed by atoms with Crippen LogP contribution in [0.4, 0.5) is 0 Å². The van der Waals surface area contributed by atoms with Crippen molar-refractivity contribution >= 4 is 21.7 Å². The molecule has 0 saturated heterocycles. The number of rotatable bonds is 13. The molecule has 1 unspecified atom stereocenters. The highest BCUT2D eigenvalue weighted by molar-refractivity contribution is 7.85. The quantitative estimate of drug-likeness (QED) is 0.240. The summed E-state index contributed by atoms with van der Waals surface area (Å²) in [5.74, 6) is 1.12. The summed E-state index contributed by atoms with van der Waals surface area (Å²) in [5.41, 5.74) is 5.45. The van der Waals surface area contributed by atoms with Gasteiger partial charge in [0.2, 0.25) is 0 Å². The Balaban J connectivity index is 1.34. The summed E-state index contributed by atoms with van der Waals surface area (Å²) in [4.78, 5) is 4.49. The molecule has 5 rings (SSSR count). The molecule has 2 aliphatic rings. The summed E-state index contributed by atoms with van der Waals surface area (Å²) < 4.78 is 33.9. The summed E-state index contributed by atoms with van der Waals surface area (Å²) >= 11 is 6.63. The average molecular weight is 555 g/mol. The molecule has 2 aliphatic carbocycles. The zero-order chi connectivity index (χ0) is 26.8. The van der Waals surface area contributed by atoms with Crippen LogP contribution < -0.4 is 10.1 Å². The zero-order valence-corrected chi connectivity index (χ0v) is 23.5. The first-order valence-corrected chi connectivity index (χ1v) is 15.6. The number of ether oxygens (including phenoxy) is 1. The Kier molecular flexibility index (Phi) is 8.10. The van der Waals surface area contributed by atoms with Gasteiger partial charge in [-0.3, -0.25) is 9.17 Å². The Hall–Kier alpha value is -2.45. The first-order valence-electron chi connectivity index (χ1n) is 13.4. The third kappa shape index (κ3) is 6.57. The van der Waals surface area contributed by atoms with E-state index in [2.05, 4.69) is 47.6 Å². The van der Waals surface area contributed by atoms with Crippen molar-refractivity contribution in [1.82, 2.24) is 10.3 Å². The predicted octanol–water partition coefficient (Wildman–Crippen LogP) is 6.58. The summed E-state index contributed by atoms with van der Waals surface area (Å²) in [6.45, 7) is 2.90. The maximum atomic E-state index is 11.4. The summed E-state index contributed by atoms with van der Waals surface area (Å²) in [5, 5.41) is 4.52. The molecule has 1 atom stereocenters. The molecule has 0 amide bonds. The molecule has 1 aromatic heterocycles. The van der Waals surface area contributed by atoms with Crippen LogP contribution in [0, 0.1) is 0 Å². The van der Waals surface area contributed by atoms with Gasteiger partial charge in [0, 0.05) is 35.1 Å². The van der Waals surface area contributed by atoms with Gasteiger partial charge in [0.1, 0.15) is 5.75 Å². The lowest BCUT2D eigenvalue weighted by atomic mass is 9.92. The van der Waals surface area contributed by atoms with Crippen LogP contribution in [-0.2, 0) is 26.4 Å². The monoisotopic (exact) mass is 554 g/mol. The molecule has 2 aromatic carbocycles. The van der Waals surface area contributed by atoms with E-state index < -0.39 is 10.1 Å². The molecule has 2 saturated carbocycles. The van der Waals surface area contributed by atoms with Crippen LogP contribution in [0.15, 0.2) is 60.9 Å². The SMILES string of the molecule is CCC(CCOS(C)(=O)=O)c1ccc(Cl)c(CNC2(c3cnccc3-c3ccccc3OC3CC3)CC2)c1.